The lowest BCUT2D eigenvalue weighted by Crippen LogP contribution is -2.17. The highest BCUT2D eigenvalue weighted by atomic mass is 35.5. The smallest absolute Gasteiger partial charge is 0.321 e. The molecular formula is C18H14Cl2F4N2. The fraction of sp³-hybridized carbons (Fsp3) is 0.278. The fourth-order valence-electron chi connectivity index (χ4n) is 2.98. The van der Waals surface area contributed by atoms with E-state index in [1.807, 2.05) is 0 Å². The Bertz CT molecular complexity index is 977. The lowest BCUT2D eigenvalue weighted by atomic mass is 10.0. The molecule has 0 aliphatic carbocycles. The Balaban J connectivity index is 2.45. The Hall–Kier alpha value is -1.79. The molecule has 3 aromatic rings. The lowest BCUT2D eigenvalue weighted by Gasteiger charge is -2.16. The first-order valence-electron chi connectivity index (χ1n) is 7.81. The van der Waals surface area contributed by atoms with E-state index in [1.165, 1.54) is 24.3 Å². The van der Waals surface area contributed by atoms with E-state index in [2.05, 4.69) is 4.98 Å². The molecular weight excluding hydrogens is 391 g/mol. The Morgan fingerprint density at radius 1 is 1.12 bits per heavy atom. The highest BCUT2D eigenvalue weighted by Crippen LogP contribution is 2.44. The molecule has 0 aliphatic rings. The molecule has 0 bridgehead atoms. The van der Waals surface area contributed by atoms with Crippen molar-refractivity contribution in [3.63, 3.8) is 0 Å². The van der Waals surface area contributed by atoms with Crippen LogP contribution in [0.2, 0.25) is 10.2 Å². The van der Waals surface area contributed by atoms with Crippen LogP contribution in [0.15, 0.2) is 30.3 Å². The van der Waals surface area contributed by atoms with Crippen LogP contribution >= 0.6 is 23.2 Å². The maximum atomic E-state index is 14.0. The van der Waals surface area contributed by atoms with E-state index in [4.69, 9.17) is 23.2 Å². The summed E-state index contributed by atoms with van der Waals surface area (Å²) in [6, 6.07) is 6.49. The van der Waals surface area contributed by atoms with Crippen molar-refractivity contribution >= 4 is 34.2 Å². The van der Waals surface area contributed by atoms with E-state index in [1.54, 1.807) is 13.8 Å². The monoisotopic (exact) mass is 404 g/mol. The molecule has 26 heavy (non-hydrogen) atoms. The fourth-order valence-corrected chi connectivity index (χ4v) is 3.24. The summed E-state index contributed by atoms with van der Waals surface area (Å²) in [5.41, 5.74) is -0.815. The van der Waals surface area contributed by atoms with Gasteiger partial charge in [-0.1, -0.05) is 43.1 Å². The van der Waals surface area contributed by atoms with Crippen molar-refractivity contribution in [1.82, 2.24) is 9.55 Å². The van der Waals surface area contributed by atoms with Gasteiger partial charge in [-0.15, -0.1) is 0 Å². The van der Waals surface area contributed by atoms with Crippen LogP contribution in [0.5, 0.6) is 0 Å². The van der Waals surface area contributed by atoms with E-state index in [0.717, 1.165) is 10.6 Å². The van der Waals surface area contributed by atoms with Gasteiger partial charge in [-0.2, -0.15) is 13.2 Å². The van der Waals surface area contributed by atoms with E-state index in [0.29, 0.717) is 0 Å². The normalized spacial score (nSPS) is 12.3. The first kappa shape index (κ1) is 19.0. The number of nitrogens with zero attached hydrogens (tertiary/aromatic N) is 2. The number of fused-ring (bicyclic) bond motifs is 1. The Morgan fingerprint density at radius 2 is 1.81 bits per heavy atom. The van der Waals surface area contributed by atoms with Gasteiger partial charge in [0.15, 0.2) is 0 Å². The second-order valence-electron chi connectivity index (χ2n) is 6.36. The van der Waals surface area contributed by atoms with Gasteiger partial charge in [0.05, 0.1) is 5.02 Å². The van der Waals surface area contributed by atoms with Crippen LogP contribution in [-0.4, -0.2) is 9.55 Å². The zero-order valence-electron chi connectivity index (χ0n) is 13.8. The van der Waals surface area contributed by atoms with E-state index in [9.17, 15) is 17.6 Å². The molecule has 2 nitrogen and oxygen atoms in total. The van der Waals surface area contributed by atoms with Crippen molar-refractivity contribution in [1.29, 1.82) is 0 Å². The predicted molar refractivity (Wildman–Crippen MR) is 95.0 cm³/mol. The quantitative estimate of drug-likeness (QED) is 0.345. The first-order chi connectivity index (χ1) is 12.1. The molecule has 1 aromatic carbocycles. The van der Waals surface area contributed by atoms with Gasteiger partial charge < -0.3 is 4.57 Å². The maximum Gasteiger partial charge on any atom is 0.432 e. The zero-order valence-corrected chi connectivity index (χ0v) is 15.3. The third-order valence-corrected chi connectivity index (χ3v) is 4.41. The van der Waals surface area contributed by atoms with Crippen LogP contribution in [0.25, 0.3) is 22.2 Å². The van der Waals surface area contributed by atoms with Gasteiger partial charge in [-0.25, -0.2) is 9.37 Å². The molecule has 0 fully saturated rings. The SMILES string of the molecule is CC(C)Cn1c(C(F)(F)F)c(-c2ccc(Cl)c(F)c2)c2ccc(Cl)nc21. The van der Waals surface area contributed by atoms with Gasteiger partial charge in [0.2, 0.25) is 0 Å². The van der Waals surface area contributed by atoms with Gasteiger partial charge in [0, 0.05) is 17.5 Å². The number of hydrogen-bond donors (Lipinski definition) is 0. The molecule has 0 radical (unpaired) electrons. The van der Waals surface area contributed by atoms with Crippen LogP contribution in [0.3, 0.4) is 0 Å². The molecule has 2 heterocycles. The topological polar surface area (TPSA) is 17.8 Å². The van der Waals surface area contributed by atoms with E-state index >= 15 is 0 Å². The molecule has 0 spiro atoms. The first-order valence-corrected chi connectivity index (χ1v) is 8.56. The molecule has 0 aliphatic heterocycles. The minimum absolute atomic E-state index is 0.0673. The number of benzene rings is 1. The minimum atomic E-state index is -4.66. The summed E-state index contributed by atoms with van der Waals surface area (Å²) >= 11 is 11.6. The van der Waals surface area contributed by atoms with Crippen molar-refractivity contribution < 1.29 is 17.6 Å². The van der Waals surface area contributed by atoms with E-state index in [-0.39, 0.29) is 44.8 Å². The van der Waals surface area contributed by atoms with Gasteiger partial charge in [-0.05, 0) is 35.7 Å². The van der Waals surface area contributed by atoms with Crippen molar-refractivity contribution in [2.24, 2.45) is 5.92 Å². The Labute approximate surface area is 157 Å². The van der Waals surface area contributed by atoms with Crippen LogP contribution in [0.4, 0.5) is 17.6 Å². The average molecular weight is 405 g/mol. The average Bonchev–Trinajstić information content (AvgIpc) is 2.83. The molecule has 0 amide bonds. The van der Waals surface area contributed by atoms with Crippen LogP contribution in [0.1, 0.15) is 19.5 Å². The summed E-state index contributed by atoms with van der Waals surface area (Å²) in [6.45, 7) is 3.70. The number of aromatic nitrogens is 2. The van der Waals surface area contributed by atoms with Gasteiger partial charge in [0.25, 0.3) is 0 Å². The molecule has 0 saturated heterocycles. The highest BCUT2D eigenvalue weighted by Gasteiger charge is 2.40. The summed E-state index contributed by atoms with van der Waals surface area (Å²) in [7, 11) is 0. The third-order valence-electron chi connectivity index (χ3n) is 3.90. The Morgan fingerprint density at radius 3 is 2.38 bits per heavy atom. The Kier molecular flexibility index (Phi) is 4.92. The molecule has 138 valence electrons. The minimum Gasteiger partial charge on any atom is -0.321 e. The van der Waals surface area contributed by atoms with E-state index < -0.39 is 17.7 Å². The van der Waals surface area contributed by atoms with Gasteiger partial charge in [-0.3, -0.25) is 0 Å². The highest BCUT2D eigenvalue weighted by molar-refractivity contribution is 6.31. The second kappa shape index (κ2) is 6.74. The van der Waals surface area contributed by atoms with Crippen LogP contribution < -0.4 is 0 Å². The summed E-state index contributed by atoms with van der Waals surface area (Å²) in [5, 5.41) is 0.182. The number of rotatable bonds is 3. The largest absolute Gasteiger partial charge is 0.432 e. The van der Waals surface area contributed by atoms with Crippen molar-refractivity contribution in [3.05, 3.63) is 52.0 Å². The summed E-state index contributed by atoms with van der Waals surface area (Å²) in [4.78, 5) is 4.10. The third kappa shape index (κ3) is 3.40. The number of halogens is 6. The van der Waals surface area contributed by atoms with Crippen molar-refractivity contribution in [2.75, 3.05) is 0 Å². The molecule has 0 atom stereocenters. The van der Waals surface area contributed by atoms with Crippen LogP contribution in [-0.2, 0) is 12.7 Å². The molecule has 3 rings (SSSR count). The van der Waals surface area contributed by atoms with Crippen LogP contribution in [0, 0.1) is 11.7 Å². The molecule has 8 heteroatoms. The molecule has 0 N–H and O–H groups in total. The lowest BCUT2D eigenvalue weighted by molar-refractivity contribution is -0.142. The number of hydrogen-bond acceptors (Lipinski definition) is 1. The van der Waals surface area contributed by atoms with Gasteiger partial charge in [0.1, 0.15) is 22.3 Å². The number of pyridine rings is 1. The summed E-state index contributed by atoms with van der Waals surface area (Å²) in [6.07, 6.45) is -4.66. The van der Waals surface area contributed by atoms with Crippen molar-refractivity contribution in [3.8, 4) is 11.1 Å². The summed E-state index contributed by atoms with van der Waals surface area (Å²) in [5.74, 6) is -0.855. The van der Waals surface area contributed by atoms with Crippen molar-refractivity contribution in [2.45, 2.75) is 26.6 Å². The van der Waals surface area contributed by atoms with Gasteiger partial charge >= 0.3 is 6.18 Å². The molecule has 2 aromatic heterocycles. The predicted octanol–water partition coefficient (Wildman–Crippen LogP) is 6.82. The zero-order chi connectivity index (χ0) is 19.2. The summed E-state index contributed by atoms with van der Waals surface area (Å²) < 4.78 is 56.9. The standard InChI is InChI=1S/C18H14Cl2F4N2/c1-9(2)8-26-16(18(22,23)24)15(10-3-5-12(19)13(21)7-10)11-4-6-14(20)25-17(11)26/h3-7,9H,8H2,1-2H3. The number of alkyl halides is 3. The molecule has 0 unspecified atom stereocenters. The second-order valence-corrected chi connectivity index (χ2v) is 7.15. The molecule has 0 saturated carbocycles. The maximum absolute atomic E-state index is 14.0.